The molecular weight excluding hydrogens is 416 g/mol. The molecule has 0 aliphatic rings. The van der Waals surface area contributed by atoms with Crippen molar-refractivity contribution >= 4 is 38.3 Å². The second-order valence-electron chi connectivity index (χ2n) is 5.62. The predicted molar refractivity (Wildman–Crippen MR) is 99.4 cm³/mol. The van der Waals surface area contributed by atoms with Crippen molar-refractivity contribution < 1.29 is 40.6 Å². The number of halogens is 6. The van der Waals surface area contributed by atoms with E-state index in [2.05, 4.69) is 0 Å². The molecule has 2 aromatic rings. The molecule has 0 saturated heterocycles. The van der Waals surface area contributed by atoms with Crippen LogP contribution in [-0.2, 0) is 17.1 Å². The zero-order valence-corrected chi connectivity index (χ0v) is 15.6. The van der Waals surface area contributed by atoms with Gasteiger partial charge in [0, 0.05) is 12.7 Å². The zero-order chi connectivity index (χ0) is 21.1. The summed E-state index contributed by atoms with van der Waals surface area (Å²) in [5.74, 6) is 0.377. The minimum atomic E-state index is -5.09. The summed E-state index contributed by atoms with van der Waals surface area (Å²) in [6, 6.07) is 7.27. The van der Waals surface area contributed by atoms with E-state index in [4.69, 9.17) is 9.47 Å². The van der Waals surface area contributed by atoms with Crippen LogP contribution >= 0.6 is 8.58 Å². The quantitative estimate of drug-likeness (QED) is 0.290. The van der Waals surface area contributed by atoms with Crippen molar-refractivity contribution in [3.05, 3.63) is 59.2 Å². The van der Waals surface area contributed by atoms with Gasteiger partial charge in [0.2, 0.25) is 0 Å². The van der Waals surface area contributed by atoms with Crippen molar-refractivity contribution in [1.82, 2.24) is 0 Å². The first kappa shape index (κ1) is 25.5. The van der Waals surface area contributed by atoms with Gasteiger partial charge in [-0.05, 0) is 45.1 Å². The number of hydrogen-bond donors (Lipinski definition) is 0. The number of benzene rings is 2. The monoisotopic (exact) mass is 432 g/mol. The first-order valence-corrected chi connectivity index (χ1v) is 8.81. The third-order valence-electron chi connectivity index (χ3n) is 3.65. The number of rotatable bonds is 6. The second-order valence-corrected chi connectivity index (χ2v) is 6.90. The SMILES string of the molecule is COC(C)Oc1ccc(PC(=O)c2c(C(F)(F)F)cccc2C(F)(F)F)cc1.[LiH]. The number of hydrogen-bond acceptors (Lipinski definition) is 3. The van der Waals surface area contributed by atoms with Gasteiger partial charge >= 0.3 is 31.2 Å². The van der Waals surface area contributed by atoms with E-state index in [0.29, 0.717) is 23.9 Å². The summed E-state index contributed by atoms with van der Waals surface area (Å²) in [5, 5.41) is 0.271. The molecule has 2 aromatic carbocycles. The van der Waals surface area contributed by atoms with Crippen LogP contribution in [0.2, 0.25) is 0 Å². The fraction of sp³-hybridized carbons (Fsp3) is 0.278. The minimum absolute atomic E-state index is 0. The molecule has 0 aromatic heterocycles. The number of carbonyl (C=O) groups excluding carboxylic acids is 1. The molecule has 2 rings (SSSR count). The molecule has 0 fully saturated rings. The van der Waals surface area contributed by atoms with Gasteiger partial charge in [0.15, 0.2) is 11.8 Å². The molecule has 154 valence electrons. The van der Waals surface area contributed by atoms with Gasteiger partial charge in [-0.2, -0.15) is 26.3 Å². The molecular formula is C18H16F6LiO3P. The Morgan fingerprint density at radius 3 is 1.83 bits per heavy atom. The Morgan fingerprint density at radius 2 is 1.41 bits per heavy atom. The second kappa shape index (κ2) is 9.99. The van der Waals surface area contributed by atoms with Crippen LogP contribution in [0.15, 0.2) is 42.5 Å². The first-order chi connectivity index (χ1) is 12.9. The van der Waals surface area contributed by atoms with Crippen LogP contribution in [0.4, 0.5) is 26.3 Å². The Hall–Kier alpha value is -1.52. The maximum absolute atomic E-state index is 13.2. The third kappa shape index (κ3) is 6.75. The van der Waals surface area contributed by atoms with Crippen LogP contribution < -0.4 is 10.0 Å². The van der Waals surface area contributed by atoms with Gasteiger partial charge in [-0.1, -0.05) is 18.2 Å². The summed E-state index contributed by atoms with van der Waals surface area (Å²) in [6.07, 6.45) is -10.7. The fourth-order valence-electron chi connectivity index (χ4n) is 2.32. The summed E-state index contributed by atoms with van der Waals surface area (Å²) < 4.78 is 89.3. The zero-order valence-electron chi connectivity index (χ0n) is 14.6. The van der Waals surface area contributed by atoms with Crippen LogP contribution in [0.3, 0.4) is 0 Å². The molecule has 2 unspecified atom stereocenters. The average molecular weight is 432 g/mol. The fourth-order valence-corrected chi connectivity index (χ4v) is 3.31. The van der Waals surface area contributed by atoms with Crippen LogP contribution in [-0.4, -0.2) is 37.8 Å². The molecule has 0 N–H and O–H groups in total. The molecule has 0 radical (unpaired) electrons. The Balaban J connectivity index is 0.00000420. The Labute approximate surface area is 176 Å². The molecule has 0 spiro atoms. The van der Waals surface area contributed by atoms with Gasteiger partial charge in [-0.25, -0.2) is 0 Å². The van der Waals surface area contributed by atoms with Crippen LogP contribution in [0.25, 0.3) is 0 Å². The van der Waals surface area contributed by atoms with Gasteiger partial charge < -0.3 is 9.47 Å². The number of methoxy groups -OCH3 is 1. The average Bonchev–Trinajstić information content (AvgIpc) is 2.61. The Morgan fingerprint density at radius 1 is 0.931 bits per heavy atom. The van der Waals surface area contributed by atoms with E-state index in [1.807, 2.05) is 0 Å². The molecule has 0 heterocycles. The molecule has 0 saturated carbocycles. The van der Waals surface area contributed by atoms with E-state index in [-0.39, 0.29) is 24.2 Å². The molecule has 0 aliphatic carbocycles. The number of carbonyl (C=O) groups is 1. The van der Waals surface area contributed by atoms with E-state index in [9.17, 15) is 31.1 Å². The van der Waals surface area contributed by atoms with Crippen molar-refractivity contribution in [2.45, 2.75) is 25.6 Å². The molecule has 0 amide bonds. The summed E-state index contributed by atoms with van der Waals surface area (Å²) >= 11 is 0. The summed E-state index contributed by atoms with van der Waals surface area (Å²) in [5.41, 5.74) is -5.82. The van der Waals surface area contributed by atoms with Crippen molar-refractivity contribution in [3.8, 4) is 5.75 Å². The maximum atomic E-state index is 13.2. The Bertz CT molecular complexity index is 805. The van der Waals surface area contributed by atoms with Gasteiger partial charge in [-0.3, -0.25) is 4.79 Å². The number of ether oxygens (including phenoxy) is 2. The molecule has 0 aliphatic heterocycles. The molecule has 0 bridgehead atoms. The van der Waals surface area contributed by atoms with Gasteiger partial charge in [0.1, 0.15) is 5.75 Å². The van der Waals surface area contributed by atoms with Crippen molar-refractivity contribution in [2.75, 3.05) is 7.11 Å². The molecule has 11 heteroatoms. The van der Waals surface area contributed by atoms with Gasteiger partial charge in [-0.15, -0.1) is 0 Å². The van der Waals surface area contributed by atoms with E-state index in [1.54, 1.807) is 6.92 Å². The molecule has 2 atom stereocenters. The standard InChI is InChI=1S/C18H15F6O3P.Li.H/c1-10(26-2)27-11-6-8-12(9-7-11)28-16(25)15-13(17(19,20)21)4-3-5-14(15)18(22,23)24;;/h3-10,28H,1-2H3;;. The molecule has 3 nitrogen and oxygen atoms in total. The van der Waals surface area contributed by atoms with Crippen molar-refractivity contribution in [3.63, 3.8) is 0 Å². The summed E-state index contributed by atoms with van der Waals surface area (Å²) in [4.78, 5) is 12.4. The topological polar surface area (TPSA) is 35.5 Å². The van der Waals surface area contributed by atoms with Crippen LogP contribution in [0.1, 0.15) is 28.4 Å². The Kier molecular flexibility index (Phi) is 8.79. The van der Waals surface area contributed by atoms with E-state index >= 15 is 0 Å². The van der Waals surface area contributed by atoms with Crippen molar-refractivity contribution in [2.24, 2.45) is 0 Å². The van der Waals surface area contributed by atoms with Gasteiger partial charge in [0.25, 0.3) is 0 Å². The normalized spacial score (nSPS) is 13.2. The van der Waals surface area contributed by atoms with Crippen molar-refractivity contribution in [1.29, 1.82) is 0 Å². The van der Waals surface area contributed by atoms with Crippen LogP contribution in [0, 0.1) is 0 Å². The van der Waals surface area contributed by atoms with Crippen LogP contribution in [0.5, 0.6) is 5.75 Å². The first-order valence-electron chi connectivity index (χ1n) is 7.81. The summed E-state index contributed by atoms with van der Waals surface area (Å²) in [6.45, 7) is 1.63. The number of alkyl halides is 6. The van der Waals surface area contributed by atoms with Gasteiger partial charge in [0.05, 0.1) is 11.1 Å². The predicted octanol–water partition coefficient (Wildman–Crippen LogP) is 4.59. The summed E-state index contributed by atoms with van der Waals surface area (Å²) in [7, 11) is 0.499. The third-order valence-corrected chi connectivity index (χ3v) is 4.75. The molecule has 29 heavy (non-hydrogen) atoms. The van der Waals surface area contributed by atoms with E-state index in [0.717, 1.165) is 0 Å². The van der Waals surface area contributed by atoms with E-state index in [1.165, 1.54) is 31.4 Å². The van der Waals surface area contributed by atoms with E-state index < -0.39 is 49.4 Å².